The lowest BCUT2D eigenvalue weighted by Crippen LogP contribution is -2.07. The summed E-state index contributed by atoms with van der Waals surface area (Å²) >= 11 is 0. The summed E-state index contributed by atoms with van der Waals surface area (Å²) < 4.78 is 14.2. The van der Waals surface area contributed by atoms with Gasteiger partial charge in [-0.1, -0.05) is 26.5 Å². The third kappa shape index (κ3) is 18.9. The molecule has 0 aliphatic rings. The summed E-state index contributed by atoms with van der Waals surface area (Å²) in [6, 6.07) is 0. The van der Waals surface area contributed by atoms with Crippen molar-refractivity contribution in [1.29, 1.82) is 0 Å². The zero-order valence-electron chi connectivity index (χ0n) is 11.9. The zero-order chi connectivity index (χ0) is 14.9. The van der Waals surface area contributed by atoms with Crippen LogP contribution in [-0.4, -0.2) is 38.4 Å². The standard InChI is InChI=1S/C7H12O3.C7H12O2/c1-3-7(8)10-6-5-9-4-2;1-3-5-6-9-7(8)4-2/h3H,1,4-6H2,2H3;4H,2-3,5-6H2,1H3. The predicted molar refractivity (Wildman–Crippen MR) is 73.7 cm³/mol. The first-order chi connectivity index (χ1) is 9.12. The van der Waals surface area contributed by atoms with E-state index in [1.165, 1.54) is 6.08 Å². The molecule has 0 N–H and O–H groups in total. The number of ether oxygens (including phenoxy) is 3. The molecule has 0 rings (SSSR count). The summed E-state index contributed by atoms with van der Waals surface area (Å²) in [5, 5.41) is 0. The molecule has 5 nitrogen and oxygen atoms in total. The van der Waals surface area contributed by atoms with Crippen LogP contribution in [0, 0.1) is 0 Å². The highest BCUT2D eigenvalue weighted by Crippen LogP contribution is 1.88. The maximum absolute atomic E-state index is 10.4. The van der Waals surface area contributed by atoms with E-state index in [1.54, 1.807) is 0 Å². The third-order valence-electron chi connectivity index (χ3n) is 1.75. The quantitative estimate of drug-likeness (QED) is 0.366. The lowest BCUT2D eigenvalue weighted by atomic mass is 10.4. The molecule has 0 spiro atoms. The molecule has 110 valence electrons. The fraction of sp³-hybridized carbons (Fsp3) is 0.571. The molecule has 19 heavy (non-hydrogen) atoms. The highest BCUT2D eigenvalue weighted by atomic mass is 16.6. The molecule has 0 unspecified atom stereocenters. The second-order valence-corrected chi connectivity index (χ2v) is 3.29. The van der Waals surface area contributed by atoms with E-state index < -0.39 is 5.97 Å². The summed E-state index contributed by atoms with van der Waals surface area (Å²) in [5.41, 5.74) is 0. The van der Waals surface area contributed by atoms with Crippen LogP contribution in [0.3, 0.4) is 0 Å². The predicted octanol–water partition coefficient (Wildman–Crippen LogP) is 2.27. The van der Waals surface area contributed by atoms with Gasteiger partial charge in [-0.2, -0.15) is 0 Å². The van der Waals surface area contributed by atoms with Gasteiger partial charge in [-0.3, -0.25) is 0 Å². The number of esters is 2. The van der Waals surface area contributed by atoms with Crippen LogP contribution in [0.25, 0.3) is 0 Å². The summed E-state index contributed by atoms with van der Waals surface area (Å²) in [6.45, 7) is 12.4. The average Bonchev–Trinajstić information content (AvgIpc) is 2.44. The van der Waals surface area contributed by atoms with Gasteiger partial charge in [0, 0.05) is 18.8 Å². The van der Waals surface area contributed by atoms with Gasteiger partial charge >= 0.3 is 11.9 Å². The molecule has 0 radical (unpaired) electrons. The summed E-state index contributed by atoms with van der Waals surface area (Å²) in [4.78, 5) is 20.7. The second-order valence-electron chi connectivity index (χ2n) is 3.29. The first kappa shape index (κ1) is 19.7. The molecule has 0 aromatic rings. The van der Waals surface area contributed by atoms with E-state index in [0.29, 0.717) is 26.4 Å². The van der Waals surface area contributed by atoms with E-state index >= 15 is 0 Å². The van der Waals surface area contributed by atoms with Crippen LogP contribution >= 0.6 is 0 Å². The van der Waals surface area contributed by atoms with Crippen molar-refractivity contribution >= 4 is 11.9 Å². The van der Waals surface area contributed by atoms with Crippen LogP contribution in [0.4, 0.5) is 0 Å². The Kier molecular flexibility index (Phi) is 17.0. The van der Waals surface area contributed by atoms with Gasteiger partial charge in [-0.15, -0.1) is 0 Å². The fourth-order valence-electron chi connectivity index (χ4n) is 0.780. The maximum atomic E-state index is 10.4. The monoisotopic (exact) mass is 272 g/mol. The third-order valence-corrected chi connectivity index (χ3v) is 1.75. The molecule has 0 aliphatic carbocycles. The largest absolute Gasteiger partial charge is 0.463 e. The fourth-order valence-corrected chi connectivity index (χ4v) is 0.780. The van der Waals surface area contributed by atoms with E-state index in [2.05, 4.69) is 22.6 Å². The highest BCUT2D eigenvalue weighted by Gasteiger charge is 1.92. The van der Waals surface area contributed by atoms with Crippen molar-refractivity contribution in [2.45, 2.75) is 26.7 Å². The molecule has 0 saturated carbocycles. The summed E-state index contributed by atoms with van der Waals surface area (Å²) in [6.07, 6.45) is 4.28. The molecule has 0 amide bonds. The maximum Gasteiger partial charge on any atom is 0.330 e. The van der Waals surface area contributed by atoms with Crippen molar-refractivity contribution < 1.29 is 23.8 Å². The topological polar surface area (TPSA) is 61.8 Å². The van der Waals surface area contributed by atoms with Crippen LogP contribution in [0.1, 0.15) is 26.7 Å². The molecule has 0 aromatic heterocycles. The lowest BCUT2D eigenvalue weighted by Gasteiger charge is -2.00. The zero-order valence-corrected chi connectivity index (χ0v) is 11.9. The van der Waals surface area contributed by atoms with Gasteiger partial charge in [0.1, 0.15) is 6.61 Å². The Morgan fingerprint density at radius 3 is 1.89 bits per heavy atom. The van der Waals surface area contributed by atoms with Crippen molar-refractivity contribution in [2.75, 3.05) is 26.4 Å². The SMILES string of the molecule is C=CC(=O)OCCCC.C=CC(=O)OCCOCC. The van der Waals surface area contributed by atoms with Crippen LogP contribution in [-0.2, 0) is 23.8 Å². The second kappa shape index (κ2) is 16.4. The molecular formula is C14H24O5. The van der Waals surface area contributed by atoms with Crippen molar-refractivity contribution in [1.82, 2.24) is 0 Å². The summed E-state index contributed by atoms with van der Waals surface area (Å²) in [7, 11) is 0. The number of carbonyl (C=O) groups excluding carboxylic acids is 2. The van der Waals surface area contributed by atoms with E-state index in [-0.39, 0.29) is 5.97 Å². The normalized spacial score (nSPS) is 8.74. The Morgan fingerprint density at radius 1 is 0.947 bits per heavy atom. The van der Waals surface area contributed by atoms with Gasteiger partial charge in [0.25, 0.3) is 0 Å². The molecule has 0 bridgehead atoms. The van der Waals surface area contributed by atoms with Gasteiger partial charge in [-0.25, -0.2) is 9.59 Å². The molecular weight excluding hydrogens is 248 g/mol. The molecule has 0 aliphatic heterocycles. The minimum atomic E-state index is -0.403. The molecule has 5 heteroatoms. The van der Waals surface area contributed by atoms with E-state index in [1.807, 2.05) is 13.8 Å². The van der Waals surface area contributed by atoms with Crippen molar-refractivity contribution in [2.24, 2.45) is 0 Å². The van der Waals surface area contributed by atoms with Crippen molar-refractivity contribution in [3.05, 3.63) is 25.3 Å². The summed E-state index contributed by atoms with van der Waals surface area (Å²) in [5.74, 6) is -0.733. The Balaban J connectivity index is 0. The van der Waals surface area contributed by atoms with Gasteiger partial charge < -0.3 is 14.2 Å². The van der Waals surface area contributed by atoms with Gasteiger partial charge in [0.15, 0.2) is 0 Å². The van der Waals surface area contributed by atoms with Crippen LogP contribution in [0.15, 0.2) is 25.3 Å². The Labute approximate surface area is 115 Å². The lowest BCUT2D eigenvalue weighted by molar-refractivity contribution is -0.139. The number of hydrogen-bond acceptors (Lipinski definition) is 5. The molecule has 0 atom stereocenters. The van der Waals surface area contributed by atoms with Crippen molar-refractivity contribution in [3.63, 3.8) is 0 Å². The smallest absolute Gasteiger partial charge is 0.330 e. The highest BCUT2D eigenvalue weighted by molar-refractivity contribution is 5.81. The minimum absolute atomic E-state index is 0.304. The number of unbranched alkanes of at least 4 members (excludes halogenated alkanes) is 1. The molecule has 0 heterocycles. The number of carbonyl (C=O) groups is 2. The van der Waals surface area contributed by atoms with Gasteiger partial charge in [-0.05, 0) is 13.3 Å². The Bertz CT molecular complexity index is 261. The number of hydrogen-bond donors (Lipinski definition) is 0. The van der Waals surface area contributed by atoms with Crippen LogP contribution in [0.2, 0.25) is 0 Å². The minimum Gasteiger partial charge on any atom is -0.463 e. The van der Waals surface area contributed by atoms with E-state index in [9.17, 15) is 9.59 Å². The Hall–Kier alpha value is -1.62. The molecule has 0 fully saturated rings. The van der Waals surface area contributed by atoms with Crippen LogP contribution < -0.4 is 0 Å². The number of rotatable bonds is 9. The van der Waals surface area contributed by atoms with Gasteiger partial charge in [0.05, 0.1) is 13.2 Å². The molecule has 0 aromatic carbocycles. The first-order valence-corrected chi connectivity index (χ1v) is 6.28. The first-order valence-electron chi connectivity index (χ1n) is 6.28. The van der Waals surface area contributed by atoms with E-state index in [0.717, 1.165) is 18.9 Å². The molecule has 0 saturated heterocycles. The van der Waals surface area contributed by atoms with Crippen LogP contribution in [0.5, 0.6) is 0 Å². The van der Waals surface area contributed by atoms with Crippen molar-refractivity contribution in [3.8, 4) is 0 Å². The van der Waals surface area contributed by atoms with Gasteiger partial charge in [0.2, 0.25) is 0 Å². The Morgan fingerprint density at radius 2 is 1.47 bits per heavy atom. The van der Waals surface area contributed by atoms with E-state index in [4.69, 9.17) is 4.74 Å². The average molecular weight is 272 g/mol.